The van der Waals surface area contributed by atoms with Crippen molar-refractivity contribution >= 4 is 34.8 Å². The monoisotopic (exact) mass is 308 g/mol. The van der Waals surface area contributed by atoms with E-state index in [1.165, 1.54) is 0 Å². The highest BCUT2D eigenvalue weighted by Crippen LogP contribution is 2.23. The quantitative estimate of drug-likeness (QED) is 0.875. The van der Waals surface area contributed by atoms with Crippen molar-refractivity contribution in [1.82, 2.24) is 4.90 Å². The Morgan fingerprint density at radius 3 is 2.50 bits per heavy atom. The highest BCUT2D eigenvalue weighted by atomic mass is 35.5. The summed E-state index contributed by atoms with van der Waals surface area (Å²) in [6.45, 7) is 0.436. The van der Waals surface area contributed by atoms with Crippen LogP contribution in [0.1, 0.15) is 15.9 Å². The van der Waals surface area contributed by atoms with E-state index in [1.54, 1.807) is 30.1 Å². The average Bonchev–Trinajstić information content (AvgIpc) is 2.43. The highest BCUT2D eigenvalue weighted by molar-refractivity contribution is 6.42. The van der Waals surface area contributed by atoms with Gasteiger partial charge in [0.05, 0.1) is 10.0 Å². The van der Waals surface area contributed by atoms with Crippen LogP contribution in [0.2, 0.25) is 10.0 Å². The first-order valence-corrected chi connectivity index (χ1v) is 6.78. The largest absolute Gasteiger partial charge is 0.398 e. The molecule has 0 bridgehead atoms. The van der Waals surface area contributed by atoms with Crippen LogP contribution < -0.4 is 5.73 Å². The third kappa shape index (κ3) is 3.24. The van der Waals surface area contributed by atoms with Gasteiger partial charge < -0.3 is 10.6 Å². The molecule has 104 valence electrons. The Kier molecular flexibility index (Phi) is 4.53. The zero-order valence-electron chi connectivity index (χ0n) is 10.9. The summed E-state index contributed by atoms with van der Waals surface area (Å²) in [5.41, 5.74) is 7.95. The van der Waals surface area contributed by atoms with Gasteiger partial charge in [-0.3, -0.25) is 4.79 Å². The fraction of sp³-hybridized carbons (Fsp3) is 0.133. The first kappa shape index (κ1) is 14.7. The molecule has 0 radical (unpaired) electrons. The number of nitrogen functional groups attached to an aromatic ring is 1. The predicted molar refractivity (Wildman–Crippen MR) is 83.1 cm³/mol. The smallest absolute Gasteiger partial charge is 0.253 e. The lowest BCUT2D eigenvalue weighted by atomic mass is 10.1. The first-order chi connectivity index (χ1) is 9.49. The number of rotatable bonds is 3. The van der Waals surface area contributed by atoms with E-state index in [-0.39, 0.29) is 5.91 Å². The molecule has 0 aliphatic heterocycles. The maximum absolute atomic E-state index is 12.3. The number of nitrogens with two attached hydrogens (primary N) is 1. The van der Waals surface area contributed by atoms with Gasteiger partial charge in [-0.25, -0.2) is 0 Å². The van der Waals surface area contributed by atoms with Gasteiger partial charge in [-0.2, -0.15) is 0 Å². The minimum atomic E-state index is -0.133. The standard InChI is InChI=1S/C15H14Cl2N2O/c1-19(9-11-4-2-3-5-14(11)18)15(20)10-6-7-12(16)13(17)8-10/h2-8H,9,18H2,1H3. The van der Waals surface area contributed by atoms with Gasteiger partial charge in [-0.05, 0) is 29.8 Å². The molecule has 3 nitrogen and oxygen atoms in total. The number of halogens is 2. The van der Waals surface area contributed by atoms with Gasteiger partial charge in [-0.1, -0.05) is 41.4 Å². The van der Waals surface area contributed by atoms with Crippen LogP contribution in [0.15, 0.2) is 42.5 Å². The molecule has 0 heterocycles. The van der Waals surface area contributed by atoms with E-state index in [2.05, 4.69) is 0 Å². The van der Waals surface area contributed by atoms with Crippen molar-refractivity contribution in [3.05, 3.63) is 63.6 Å². The lowest BCUT2D eigenvalue weighted by Crippen LogP contribution is -2.26. The first-order valence-electron chi connectivity index (χ1n) is 6.03. The molecule has 20 heavy (non-hydrogen) atoms. The lowest BCUT2D eigenvalue weighted by Gasteiger charge is -2.18. The van der Waals surface area contributed by atoms with E-state index >= 15 is 0 Å². The zero-order valence-corrected chi connectivity index (χ0v) is 12.4. The Balaban J connectivity index is 2.16. The van der Waals surface area contributed by atoms with E-state index in [0.717, 1.165) is 5.56 Å². The van der Waals surface area contributed by atoms with Gasteiger partial charge in [0.25, 0.3) is 5.91 Å². The summed E-state index contributed by atoms with van der Waals surface area (Å²) < 4.78 is 0. The van der Waals surface area contributed by atoms with Crippen LogP contribution >= 0.6 is 23.2 Å². The van der Waals surface area contributed by atoms with Gasteiger partial charge in [0.2, 0.25) is 0 Å². The summed E-state index contributed by atoms with van der Waals surface area (Å²) in [5.74, 6) is -0.133. The van der Waals surface area contributed by atoms with Crippen molar-refractivity contribution in [3.8, 4) is 0 Å². The Hall–Kier alpha value is -1.71. The number of para-hydroxylation sites is 1. The second-order valence-corrected chi connectivity index (χ2v) is 5.30. The summed E-state index contributed by atoms with van der Waals surface area (Å²) >= 11 is 11.8. The van der Waals surface area contributed by atoms with Crippen LogP contribution in [0.5, 0.6) is 0 Å². The van der Waals surface area contributed by atoms with Crippen LogP contribution in [0.25, 0.3) is 0 Å². The van der Waals surface area contributed by atoms with Crippen molar-refractivity contribution in [2.24, 2.45) is 0 Å². The topological polar surface area (TPSA) is 46.3 Å². The number of carbonyl (C=O) groups excluding carboxylic acids is 1. The van der Waals surface area contributed by atoms with Gasteiger partial charge in [0.15, 0.2) is 0 Å². The SMILES string of the molecule is CN(Cc1ccccc1N)C(=O)c1ccc(Cl)c(Cl)c1. The van der Waals surface area contributed by atoms with Crippen LogP contribution in [-0.4, -0.2) is 17.9 Å². The van der Waals surface area contributed by atoms with Crippen molar-refractivity contribution in [1.29, 1.82) is 0 Å². The Bertz CT molecular complexity index is 644. The molecular weight excluding hydrogens is 295 g/mol. The number of hydrogen-bond donors (Lipinski definition) is 1. The fourth-order valence-corrected chi connectivity index (χ4v) is 2.15. The van der Waals surface area contributed by atoms with Crippen molar-refractivity contribution in [2.75, 3.05) is 12.8 Å². The van der Waals surface area contributed by atoms with Gasteiger partial charge >= 0.3 is 0 Å². The summed E-state index contributed by atoms with van der Waals surface area (Å²) in [5, 5.41) is 0.795. The van der Waals surface area contributed by atoms with Gasteiger partial charge in [-0.15, -0.1) is 0 Å². The van der Waals surface area contributed by atoms with Crippen LogP contribution in [0.4, 0.5) is 5.69 Å². The number of benzene rings is 2. The van der Waals surface area contributed by atoms with E-state index in [9.17, 15) is 4.79 Å². The molecule has 0 spiro atoms. The molecule has 0 unspecified atom stereocenters. The van der Waals surface area contributed by atoms with E-state index in [4.69, 9.17) is 28.9 Å². The molecule has 2 rings (SSSR count). The van der Waals surface area contributed by atoms with Crippen LogP contribution in [0, 0.1) is 0 Å². The number of anilines is 1. The average molecular weight is 309 g/mol. The molecule has 2 aromatic carbocycles. The molecular formula is C15H14Cl2N2O. The Morgan fingerprint density at radius 2 is 1.85 bits per heavy atom. The van der Waals surface area contributed by atoms with Gasteiger partial charge in [0, 0.05) is 24.8 Å². The lowest BCUT2D eigenvalue weighted by molar-refractivity contribution is 0.0785. The Labute approximate surface area is 127 Å². The summed E-state index contributed by atoms with van der Waals surface area (Å²) in [4.78, 5) is 13.9. The predicted octanol–water partition coefficient (Wildman–Crippen LogP) is 3.85. The molecule has 0 atom stereocenters. The molecule has 0 fully saturated rings. The second-order valence-electron chi connectivity index (χ2n) is 4.49. The highest BCUT2D eigenvalue weighted by Gasteiger charge is 2.14. The third-order valence-corrected chi connectivity index (χ3v) is 3.71. The number of nitrogens with zero attached hydrogens (tertiary/aromatic N) is 1. The molecule has 0 saturated carbocycles. The van der Waals surface area contributed by atoms with E-state index in [0.29, 0.717) is 27.8 Å². The number of amides is 1. The fourth-order valence-electron chi connectivity index (χ4n) is 1.86. The molecule has 5 heteroatoms. The maximum atomic E-state index is 12.3. The number of carbonyl (C=O) groups is 1. The van der Waals surface area contributed by atoms with Crippen molar-refractivity contribution in [2.45, 2.75) is 6.54 Å². The minimum Gasteiger partial charge on any atom is -0.398 e. The molecule has 2 aromatic rings. The molecule has 1 amide bonds. The third-order valence-electron chi connectivity index (χ3n) is 2.98. The van der Waals surface area contributed by atoms with Crippen molar-refractivity contribution < 1.29 is 4.79 Å². The molecule has 0 aliphatic rings. The van der Waals surface area contributed by atoms with E-state index in [1.807, 2.05) is 24.3 Å². The van der Waals surface area contributed by atoms with E-state index < -0.39 is 0 Å². The Morgan fingerprint density at radius 1 is 1.15 bits per heavy atom. The summed E-state index contributed by atoms with van der Waals surface area (Å²) in [6, 6.07) is 12.3. The number of hydrogen-bond acceptors (Lipinski definition) is 2. The van der Waals surface area contributed by atoms with Crippen LogP contribution in [-0.2, 0) is 6.54 Å². The molecule has 0 aromatic heterocycles. The summed E-state index contributed by atoms with van der Waals surface area (Å²) in [7, 11) is 1.72. The summed E-state index contributed by atoms with van der Waals surface area (Å²) in [6.07, 6.45) is 0. The maximum Gasteiger partial charge on any atom is 0.253 e. The second kappa shape index (κ2) is 6.16. The molecule has 2 N–H and O–H groups in total. The van der Waals surface area contributed by atoms with Crippen LogP contribution in [0.3, 0.4) is 0 Å². The minimum absolute atomic E-state index is 0.133. The molecule has 0 aliphatic carbocycles. The van der Waals surface area contributed by atoms with Crippen molar-refractivity contribution in [3.63, 3.8) is 0 Å². The zero-order chi connectivity index (χ0) is 14.7. The molecule has 0 saturated heterocycles. The normalized spacial score (nSPS) is 10.3. The van der Waals surface area contributed by atoms with Gasteiger partial charge in [0.1, 0.15) is 0 Å².